The van der Waals surface area contributed by atoms with Crippen molar-refractivity contribution in [1.29, 1.82) is 0 Å². The summed E-state index contributed by atoms with van der Waals surface area (Å²) in [5.74, 6) is -0.572. The van der Waals surface area contributed by atoms with Gasteiger partial charge in [0.25, 0.3) is 0 Å². The Kier molecular flexibility index (Phi) is 5.15. The highest BCUT2D eigenvalue weighted by Crippen LogP contribution is 2.23. The van der Waals surface area contributed by atoms with Crippen molar-refractivity contribution in [2.24, 2.45) is 5.73 Å². The lowest BCUT2D eigenvalue weighted by Gasteiger charge is -2.11. The fourth-order valence-corrected chi connectivity index (χ4v) is 4.58. The molecule has 0 bridgehead atoms. The van der Waals surface area contributed by atoms with Crippen molar-refractivity contribution in [3.8, 4) is 0 Å². The van der Waals surface area contributed by atoms with Crippen LogP contribution >= 0.6 is 27.3 Å². The van der Waals surface area contributed by atoms with Gasteiger partial charge in [-0.2, -0.15) is 0 Å². The molecule has 0 atom stereocenters. The monoisotopic (exact) mass is 392 g/mol. The first-order valence-corrected chi connectivity index (χ1v) is 9.20. The zero-order valence-electron chi connectivity index (χ0n) is 11.2. The smallest absolute Gasteiger partial charge is 0.241 e. The van der Waals surface area contributed by atoms with E-state index in [0.717, 1.165) is 9.35 Å². The van der Waals surface area contributed by atoms with E-state index in [1.807, 2.05) is 11.4 Å². The van der Waals surface area contributed by atoms with Crippen LogP contribution in [0.25, 0.3) is 0 Å². The lowest BCUT2D eigenvalue weighted by atomic mass is 10.1. The van der Waals surface area contributed by atoms with Gasteiger partial charge >= 0.3 is 0 Å². The average molecular weight is 393 g/mol. The summed E-state index contributed by atoms with van der Waals surface area (Å²) < 4.78 is 41.8. The number of benzene rings is 1. The summed E-state index contributed by atoms with van der Waals surface area (Å²) in [7, 11) is -3.79. The Morgan fingerprint density at radius 1 is 1.38 bits per heavy atom. The van der Waals surface area contributed by atoms with E-state index >= 15 is 0 Å². The molecule has 0 unspecified atom stereocenters. The molecule has 2 rings (SSSR count). The van der Waals surface area contributed by atoms with Crippen LogP contribution in [0.3, 0.4) is 0 Å². The SMILES string of the molecule is Cc1c(F)cc(CN)cc1S(=O)(=O)NCc1cc(Br)cs1. The predicted molar refractivity (Wildman–Crippen MR) is 85.1 cm³/mol. The van der Waals surface area contributed by atoms with Gasteiger partial charge in [0.2, 0.25) is 10.0 Å². The van der Waals surface area contributed by atoms with Gasteiger partial charge in [-0.25, -0.2) is 17.5 Å². The molecule has 21 heavy (non-hydrogen) atoms. The molecule has 4 nitrogen and oxygen atoms in total. The van der Waals surface area contributed by atoms with Crippen LogP contribution in [0.2, 0.25) is 0 Å². The minimum atomic E-state index is -3.79. The lowest BCUT2D eigenvalue weighted by molar-refractivity contribution is 0.574. The van der Waals surface area contributed by atoms with Gasteiger partial charge in [-0.15, -0.1) is 11.3 Å². The van der Waals surface area contributed by atoms with Crippen molar-refractivity contribution in [1.82, 2.24) is 4.72 Å². The Balaban J connectivity index is 2.29. The van der Waals surface area contributed by atoms with Gasteiger partial charge in [0.1, 0.15) is 5.82 Å². The maximum Gasteiger partial charge on any atom is 0.241 e. The van der Waals surface area contributed by atoms with Gasteiger partial charge in [0.15, 0.2) is 0 Å². The number of rotatable bonds is 5. The third-order valence-corrected chi connectivity index (χ3v) is 6.16. The highest BCUT2D eigenvalue weighted by Gasteiger charge is 2.20. The highest BCUT2D eigenvalue weighted by molar-refractivity contribution is 9.10. The minimum Gasteiger partial charge on any atom is -0.326 e. The van der Waals surface area contributed by atoms with Crippen LogP contribution in [0, 0.1) is 12.7 Å². The summed E-state index contributed by atoms with van der Waals surface area (Å²) in [6.07, 6.45) is 0. The average Bonchev–Trinajstić information content (AvgIpc) is 2.85. The Morgan fingerprint density at radius 2 is 2.10 bits per heavy atom. The van der Waals surface area contributed by atoms with E-state index in [9.17, 15) is 12.8 Å². The zero-order valence-corrected chi connectivity index (χ0v) is 14.4. The fraction of sp³-hybridized carbons (Fsp3) is 0.231. The maximum atomic E-state index is 13.8. The number of thiophene rings is 1. The molecule has 3 N–H and O–H groups in total. The fourth-order valence-electron chi connectivity index (χ4n) is 1.79. The van der Waals surface area contributed by atoms with Crippen molar-refractivity contribution < 1.29 is 12.8 Å². The first-order valence-electron chi connectivity index (χ1n) is 6.05. The Labute approximate surface area is 135 Å². The van der Waals surface area contributed by atoms with Crippen LogP contribution in [-0.4, -0.2) is 8.42 Å². The maximum absolute atomic E-state index is 13.8. The molecule has 8 heteroatoms. The van der Waals surface area contributed by atoms with Crippen LogP contribution in [0.1, 0.15) is 16.0 Å². The molecule has 0 amide bonds. The molecule has 0 saturated heterocycles. The van der Waals surface area contributed by atoms with E-state index in [-0.39, 0.29) is 23.5 Å². The van der Waals surface area contributed by atoms with E-state index in [0.29, 0.717) is 5.56 Å². The number of nitrogens with two attached hydrogens (primary N) is 1. The molecule has 2 aromatic rings. The van der Waals surface area contributed by atoms with Gasteiger partial charge in [-0.1, -0.05) is 0 Å². The number of hydrogen-bond donors (Lipinski definition) is 2. The van der Waals surface area contributed by atoms with Crippen molar-refractivity contribution >= 4 is 37.3 Å². The van der Waals surface area contributed by atoms with Crippen LogP contribution in [0.5, 0.6) is 0 Å². The normalized spacial score (nSPS) is 11.8. The topological polar surface area (TPSA) is 72.2 Å². The van der Waals surface area contributed by atoms with Crippen molar-refractivity contribution in [3.63, 3.8) is 0 Å². The predicted octanol–water partition coefficient (Wildman–Crippen LogP) is 2.90. The molecule has 0 fully saturated rings. The first-order chi connectivity index (χ1) is 9.83. The quantitative estimate of drug-likeness (QED) is 0.821. The highest BCUT2D eigenvalue weighted by atomic mass is 79.9. The summed E-state index contributed by atoms with van der Waals surface area (Å²) in [5, 5.41) is 1.86. The van der Waals surface area contributed by atoms with Crippen LogP contribution in [-0.2, 0) is 23.1 Å². The third kappa shape index (κ3) is 3.89. The van der Waals surface area contributed by atoms with Gasteiger partial charge in [0, 0.05) is 33.4 Å². The molecule has 114 valence electrons. The molecular weight excluding hydrogens is 379 g/mol. The van der Waals surface area contributed by atoms with Crippen molar-refractivity contribution in [2.45, 2.75) is 24.9 Å². The van der Waals surface area contributed by atoms with Gasteiger partial charge in [-0.05, 0) is 46.6 Å². The molecule has 0 aliphatic rings. The number of halogens is 2. The van der Waals surface area contributed by atoms with E-state index in [2.05, 4.69) is 20.7 Å². The minimum absolute atomic E-state index is 0.0708. The molecule has 0 aliphatic carbocycles. The Bertz CT molecular complexity index is 760. The standard InChI is InChI=1S/C13H14BrFN2O2S2/c1-8-12(15)2-9(5-16)3-13(8)21(18,19)17-6-11-4-10(14)7-20-11/h2-4,7,17H,5-6,16H2,1H3. The number of nitrogens with one attached hydrogen (secondary N) is 1. The van der Waals surface area contributed by atoms with E-state index in [1.54, 1.807) is 0 Å². The van der Waals surface area contributed by atoms with Crippen LogP contribution < -0.4 is 10.5 Å². The zero-order chi connectivity index (χ0) is 15.6. The first kappa shape index (κ1) is 16.6. The third-order valence-electron chi connectivity index (χ3n) is 2.94. The Hall–Kier alpha value is -0.800. The molecule has 1 heterocycles. The van der Waals surface area contributed by atoms with Crippen molar-refractivity contribution in [3.05, 3.63) is 49.9 Å². The summed E-state index contributed by atoms with van der Waals surface area (Å²) in [4.78, 5) is 0.789. The number of hydrogen-bond acceptors (Lipinski definition) is 4. The molecule has 0 aliphatic heterocycles. The van der Waals surface area contributed by atoms with Gasteiger partial charge in [-0.3, -0.25) is 0 Å². The van der Waals surface area contributed by atoms with E-state index in [4.69, 9.17) is 5.73 Å². The molecule has 0 spiro atoms. The second-order valence-electron chi connectivity index (χ2n) is 4.46. The molecule has 0 saturated carbocycles. The summed E-state index contributed by atoms with van der Waals surface area (Å²) in [5.41, 5.74) is 6.00. The molecule has 1 aromatic heterocycles. The summed E-state index contributed by atoms with van der Waals surface area (Å²) in [6.45, 7) is 1.68. The van der Waals surface area contributed by atoms with E-state index < -0.39 is 15.8 Å². The second-order valence-corrected chi connectivity index (χ2v) is 8.11. The second kappa shape index (κ2) is 6.53. The Morgan fingerprint density at radius 3 is 2.67 bits per heavy atom. The van der Waals surface area contributed by atoms with Gasteiger partial charge < -0.3 is 5.73 Å². The largest absolute Gasteiger partial charge is 0.326 e. The molecule has 1 aromatic carbocycles. The summed E-state index contributed by atoms with van der Waals surface area (Å²) >= 11 is 4.74. The lowest BCUT2D eigenvalue weighted by Crippen LogP contribution is -2.24. The summed E-state index contributed by atoms with van der Waals surface area (Å²) in [6, 6.07) is 4.49. The van der Waals surface area contributed by atoms with Crippen molar-refractivity contribution in [2.75, 3.05) is 0 Å². The van der Waals surface area contributed by atoms with E-state index in [1.165, 1.54) is 30.4 Å². The van der Waals surface area contributed by atoms with Gasteiger partial charge in [0.05, 0.1) is 4.90 Å². The molecular formula is C13H14BrFN2O2S2. The molecule has 0 radical (unpaired) electrons. The number of sulfonamides is 1. The van der Waals surface area contributed by atoms with Crippen LogP contribution in [0.15, 0.2) is 32.9 Å². The van der Waals surface area contributed by atoms with Crippen LogP contribution in [0.4, 0.5) is 4.39 Å².